The van der Waals surface area contributed by atoms with Crippen LogP contribution in [0.3, 0.4) is 0 Å². The summed E-state index contributed by atoms with van der Waals surface area (Å²) in [6, 6.07) is 10.9. The van der Waals surface area contributed by atoms with Crippen molar-refractivity contribution in [2.24, 2.45) is 5.73 Å². The van der Waals surface area contributed by atoms with Gasteiger partial charge in [-0.3, -0.25) is 9.59 Å². The minimum absolute atomic E-state index is 0.0570. The molecule has 0 aliphatic carbocycles. The van der Waals surface area contributed by atoms with Crippen LogP contribution in [-0.4, -0.2) is 18.4 Å². The van der Waals surface area contributed by atoms with Crippen LogP contribution in [0.5, 0.6) is 0 Å². The molecule has 0 saturated carbocycles. The maximum absolute atomic E-state index is 13.7. The summed E-state index contributed by atoms with van der Waals surface area (Å²) < 4.78 is 13.7. The first-order chi connectivity index (χ1) is 11.5. The first-order valence-electron chi connectivity index (χ1n) is 7.67. The summed E-state index contributed by atoms with van der Waals surface area (Å²) in [4.78, 5) is 24.2. The highest BCUT2D eigenvalue weighted by atomic mass is 19.1. The van der Waals surface area contributed by atoms with E-state index in [0.717, 1.165) is 5.56 Å². The maximum atomic E-state index is 13.7. The smallest absolute Gasteiger partial charge is 0.258 e. The van der Waals surface area contributed by atoms with E-state index in [0.29, 0.717) is 30.8 Å². The highest BCUT2D eigenvalue weighted by Crippen LogP contribution is 2.24. The number of carbonyl (C=O) groups is 2. The van der Waals surface area contributed by atoms with Gasteiger partial charge in [0.15, 0.2) is 0 Å². The molecular formula is C18H20FN3O2. The average molecular weight is 329 g/mol. The Morgan fingerprint density at radius 3 is 2.54 bits per heavy atom. The minimum atomic E-state index is -0.601. The van der Waals surface area contributed by atoms with Crippen molar-refractivity contribution in [3.8, 4) is 0 Å². The van der Waals surface area contributed by atoms with Crippen LogP contribution < -0.4 is 16.4 Å². The molecule has 2 amide bonds. The highest BCUT2D eigenvalue weighted by molar-refractivity contribution is 6.07. The van der Waals surface area contributed by atoms with E-state index in [1.807, 2.05) is 6.92 Å². The number of benzene rings is 2. The van der Waals surface area contributed by atoms with E-state index in [9.17, 15) is 14.0 Å². The Bertz CT molecular complexity index is 747. The topological polar surface area (TPSA) is 84.2 Å². The van der Waals surface area contributed by atoms with Gasteiger partial charge in [0.05, 0.1) is 16.9 Å². The van der Waals surface area contributed by atoms with E-state index in [1.54, 1.807) is 24.3 Å². The van der Waals surface area contributed by atoms with Crippen LogP contribution in [-0.2, 0) is 4.79 Å². The van der Waals surface area contributed by atoms with Crippen LogP contribution in [0.25, 0.3) is 0 Å². The van der Waals surface area contributed by atoms with Crippen LogP contribution in [0.15, 0.2) is 42.5 Å². The lowest BCUT2D eigenvalue weighted by Crippen LogP contribution is -2.18. The molecule has 4 N–H and O–H groups in total. The first kappa shape index (κ1) is 17.6. The van der Waals surface area contributed by atoms with Gasteiger partial charge in [-0.2, -0.15) is 0 Å². The highest BCUT2D eigenvalue weighted by Gasteiger charge is 2.14. The number of anilines is 2. The van der Waals surface area contributed by atoms with Gasteiger partial charge in [0.2, 0.25) is 5.91 Å². The fraction of sp³-hybridized carbons (Fsp3) is 0.222. The molecule has 0 heterocycles. The number of amides is 2. The summed E-state index contributed by atoms with van der Waals surface area (Å²) in [6.45, 7) is 2.30. The van der Waals surface area contributed by atoms with Crippen LogP contribution in [0.4, 0.5) is 15.8 Å². The van der Waals surface area contributed by atoms with E-state index in [1.165, 1.54) is 18.2 Å². The molecule has 0 aromatic heterocycles. The van der Waals surface area contributed by atoms with Crippen LogP contribution in [0, 0.1) is 12.7 Å². The molecular weight excluding hydrogens is 309 g/mol. The molecule has 0 aliphatic heterocycles. The second kappa shape index (κ2) is 8.21. The Kier molecular flexibility index (Phi) is 6.03. The molecule has 0 fully saturated rings. The van der Waals surface area contributed by atoms with Crippen molar-refractivity contribution in [2.75, 3.05) is 17.2 Å². The molecule has 2 rings (SSSR count). The molecule has 24 heavy (non-hydrogen) atoms. The van der Waals surface area contributed by atoms with Gasteiger partial charge in [-0.15, -0.1) is 0 Å². The van der Waals surface area contributed by atoms with E-state index in [-0.39, 0.29) is 11.5 Å². The van der Waals surface area contributed by atoms with Gasteiger partial charge < -0.3 is 16.4 Å². The number of rotatable bonds is 6. The van der Waals surface area contributed by atoms with Crippen LogP contribution >= 0.6 is 0 Å². The van der Waals surface area contributed by atoms with Gasteiger partial charge >= 0.3 is 0 Å². The molecule has 6 heteroatoms. The lowest BCUT2D eigenvalue weighted by molar-refractivity contribution is -0.116. The molecule has 0 atom stereocenters. The average Bonchev–Trinajstić information content (AvgIpc) is 2.55. The van der Waals surface area contributed by atoms with Crippen molar-refractivity contribution >= 4 is 23.2 Å². The molecule has 5 nitrogen and oxygen atoms in total. The molecule has 2 aromatic rings. The van der Waals surface area contributed by atoms with Crippen molar-refractivity contribution < 1.29 is 14.0 Å². The number of nitrogens with one attached hydrogen (secondary N) is 2. The van der Waals surface area contributed by atoms with Crippen molar-refractivity contribution in [2.45, 2.75) is 19.8 Å². The molecule has 0 spiro atoms. The van der Waals surface area contributed by atoms with E-state index >= 15 is 0 Å². The molecule has 0 radical (unpaired) electrons. The zero-order chi connectivity index (χ0) is 17.5. The summed E-state index contributed by atoms with van der Waals surface area (Å²) in [5.74, 6) is -1.36. The van der Waals surface area contributed by atoms with E-state index in [2.05, 4.69) is 10.6 Å². The summed E-state index contributed by atoms with van der Waals surface area (Å²) in [5.41, 5.74) is 7.15. The number of hydrogen-bond acceptors (Lipinski definition) is 3. The van der Waals surface area contributed by atoms with Gasteiger partial charge in [-0.05, 0) is 49.7 Å². The van der Waals surface area contributed by atoms with Gasteiger partial charge in [0.1, 0.15) is 5.82 Å². The second-order valence-electron chi connectivity index (χ2n) is 5.42. The summed E-state index contributed by atoms with van der Waals surface area (Å²) in [5, 5.41) is 5.39. The number of carbonyl (C=O) groups excluding carboxylic acids is 2. The third-order valence-corrected chi connectivity index (χ3v) is 3.42. The largest absolute Gasteiger partial charge is 0.330 e. The number of aryl methyl sites for hydroxylation is 1. The fourth-order valence-electron chi connectivity index (χ4n) is 2.18. The van der Waals surface area contributed by atoms with Gasteiger partial charge in [0, 0.05) is 6.42 Å². The van der Waals surface area contributed by atoms with Gasteiger partial charge in [-0.25, -0.2) is 4.39 Å². The summed E-state index contributed by atoms with van der Waals surface area (Å²) in [7, 11) is 0. The van der Waals surface area contributed by atoms with Crippen molar-refractivity contribution in [1.29, 1.82) is 0 Å². The van der Waals surface area contributed by atoms with E-state index in [4.69, 9.17) is 5.73 Å². The monoisotopic (exact) mass is 329 g/mol. The normalized spacial score (nSPS) is 10.3. The zero-order valence-electron chi connectivity index (χ0n) is 13.4. The number of hydrogen-bond donors (Lipinski definition) is 3. The predicted molar refractivity (Wildman–Crippen MR) is 92.5 cm³/mol. The molecule has 0 unspecified atom stereocenters. The van der Waals surface area contributed by atoms with Crippen molar-refractivity contribution in [3.63, 3.8) is 0 Å². The Morgan fingerprint density at radius 2 is 1.83 bits per heavy atom. The third kappa shape index (κ3) is 4.63. The van der Waals surface area contributed by atoms with Crippen LogP contribution in [0.2, 0.25) is 0 Å². The number of halogens is 1. The lowest BCUT2D eigenvalue weighted by Gasteiger charge is -2.13. The lowest BCUT2D eigenvalue weighted by atomic mass is 10.1. The first-order valence-corrected chi connectivity index (χ1v) is 7.67. The summed E-state index contributed by atoms with van der Waals surface area (Å²) in [6.07, 6.45) is 0.875. The van der Waals surface area contributed by atoms with Gasteiger partial charge in [0.25, 0.3) is 5.91 Å². The Balaban J connectivity index is 2.19. The summed E-state index contributed by atoms with van der Waals surface area (Å²) >= 11 is 0. The van der Waals surface area contributed by atoms with E-state index < -0.39 is 11.7 Å². The third-order valence-electron chi connectivity index (χ3n) is 3.42. The van der Waals surface area contributed by atoms with Crippen molar-refractivity contribution in [1.82, 2.24) is 0 Å². The number of nitrogens with two attached hydrogens (primary N) is 1. The molecule has 2 aromatic carbocycles. The van der Waals surface area contributed by atoms with Crippen molar-refractivity contribution in [3.05, 3.63) is 59.4 Å². The quantitative estimate of drug-likeness (QED) is 0.761. The molecule has 126 valence electrons. The van der Waals surface area contributed by atoms with Crippen LogP contribution in [0.1, 0.15) is 28.8 Å². The fourth-order valence-corrected chi connectivity index (χ4v) is 2.18. The SMILES string of the molecule is Cc1ccc(NC(=O)c2ccccc2F)c(NC(=O)CCCN)c1. The predicted octanol–water partition coefficient (Wildman–Crippen LogP) is 3.06. The molecule has 0 bridgehead atoms. The molecule has 0 saturated heterocycles. The maximum Gasteiger partial charge on any atom is 0.258 e. The Morgan fingerprint density at radius 1 is 1.08 bits per heavy atom. The second-order valence-corrected chi connectivity index (χ2v) is 5.42. The van der Waals surface area contributed by atoms with Gasteiger partial charge in [-0.1, -0.05) is 18.2 Å². The Labute approximate surface area is 140 Å². The standard InChI is InChI=1S/C18H20FN3O2/c1-12-8-9-15(16(11-12)21-17(23)7-4-10-20)22-18(24)13-5-2-3-6-14(13)19/h2-3,5-6,8-9,11H,4,7,10,20H2,1H3,(H,21,23)(H,22,24). The molecule has 0 aliphatic rings. The zero-order valence-corrected chi connectivity index (χ0v) is 13.4. The Hall–Kier alpha value is -2.73. The minimum Gasteiger partial charge on any atom is -0.330 e.